The third-order valence-corrected chi connectivity index (χ3v) is 5.75. The molecule has 11 heteroatoms. The molecule has 1 aromatic carbocycles. The number of halogens is 2. The van der Waals surface area contributed by atoms with Gasteiger partial charge < -0.3 is 14.5 Å². The Labute approximate surface area is 188 Å². The van der Waals surface area contributed by atoms with Gasteiger partial charge in [0.25, 0.3) is 11.7 Å². The number of piperazine rings is 1. The average Bonchev–Trinajstić information content (AvgIpc) is 3.19. The number of carbonyl (C=O) groups excluding carboxylic acids is 2. The largest absolute Gasteiger partial charge is 0.453 e. The number of amides is 1. The molecule has 31 heavy (non-hydrogen) atoms. The van der Waals surface area contributed by atoms with Crippen LogP contribution in [0.1, 0.15) is 13.8 Å². The van der Waals surface area contributed by atoms with Crippen molar-refractivity contribution in [3.8, 4) is 11.3 Å². The predicted octanol–water partition coefficient (Wildman–Crippen LogP) is 2.70. The number of fused-ring (bicyclic) bond motifs is 1. The molecule has 2 aromatic heterocycles. The van der Waals surface area contributed by atoms with Crippen LogP contribution in [0.25, 0.3) is 17.0 Å². The summed E-state index contributed by atoms with van der Waals surface area (Å²) in [6, 6.07) is 7.20. The van der Waals surface area contributed by atoms with Crippen molar-refractivity contribution in [1.82, 2.24) is 24.5 Å². The Hall–Kier alpha value is -2.91. The summed E-state index contributed by atoms with van der Waals surface area (Å²) in [7, 11) is 0. The Morgan fingerprint density at radius 1 is 1.10 bits per heavy atom. The molecule has 3 aromatic rings. The highest BCUT2D eigenvalue weighted by Crippen LogP contribution is 2.28. The Morgan fingerprint density at radius 3 is 2.52 bits per heavy atom. The molecule has 1 amide bonds. The van der Waals surface area contributed by atoms with Gasteiger partial charge in [-0.2, -0.15) is 9.50 Å². The standard InChI is InChI=1S/C20H20Cl2N6O3/c1-12(31-13(2)29)18(30)26-7-9-27(10-8-26)20-24-19-23-6-5-17(28(19)25-20)14-3-4-15(21)16(22)11-14/h3-6,11-12H,7-10H2,1-2H3/t12-/m0/s1. The molecule has 0 N–H and O–H groups in total. The van der Waals surface area contributed by atoms with Crippen LogP contribution in [0.4, 0.5) is 5.95 Å². The van der Waals surface area contributed by atoms with Crippen molar-refractivity contribution < 1.29 is 14.3 Å². The first-order valence-electron chi connectivity index (χ1n) is 9.71. The highest BCUT2D eigenvalue weighted by atomic mass is 35.5. The number of hydrogen-bond acceptors (Lipinski definition) is 7. The number of benzene rings is 1. The first-order valence-corrected chi connectivity index (χ1v) is 10.5. The van der Waals surface area contributed by atoms with Crippen molar-refractivity contribution in [2.45, 2.75) is 20.0 Å². The quantitative estimate of drug-likeness (QED) is 0.550. The maximum absolute atomic E-state index is 12.4. The van der Waals surface area contributed by atoms with Crippen LogP contribution in [0.5, 0.6) is 0 Å². The highest BCUT2D eigenvalue weighted by Gasteiger charge is 2.28. The Bertz CT molecular complexity index is 1140. The van der Waals surface area contributed by atoms with E-state index in [2.05, 4.69) is 15.1 Å². The van der Waals surface area contributed by atoms with Crippen LogP contribution in [-0.2, 0) is 14.3 Å². The van der Waals surface area contributed by atoms with Crippen molar-refractivity contribution in [2.24, 2.45) is 0 Å². The highest BCUT2D eigenvalue weighted by molar-refractivity contribution is 6.42. The molecule has 1 fully saturated rings. The molecule has 0 unspecified atom stereocenters. The third kappa shape index (κ3) is 4.42. The summed E-state index contributed by atoms with van der Waals surface area (Å²) in [5, 5.41) is 5.56. The number of aromatic nitrogens is 4. The smallest absolute Gasteiger partial charge is 0.303 e. The first-order chi connectivity index (χ1) is 14.8. The zero-order valence-electron chi connectivity index (χ0n) is 17.0. The van der Waals surface area contributed by atoms with Gasteiger partial charge in [0, 0.05) is 44.9 Å². The molecule has 162 valence electrons. The molecule has 1 aliphatic rings. The lowest BCUT2D eigenvalue weighted by molar-refractivity contribution is -0.157. The number of esters is 1. The molecule has 0 aliphatic carbocycles. The SMILES string of the molecule is CC(=O)O[C@@H](C)C(=O)N1CCN(c2nc3nccc(-c4ccc(Cl)c(Cl)c4)n3n2)CC1. The fourth-order valence-corrected chi connectivity index (χ4v) is 3.77. The molecular weight excluding hydrogens is 443 g/mol. The van der Waals surface area contributed by atoms with Crippen molar-refractivity contribution in [3.05, 3.63) is 40.5 Å². The van der Waals surface area contributed by atoms with E-state index in [4.69, 9.17) is 27.9 Å². The molecule has 1 atom stereocenters. The van der Waals surface area contributed by atoms with Crippen molar-refractivity contribution in [3.63, 3.8) is 0 Å². The number of ether oxygens (including phenoxy) is 1. The average molecular weight is 463 g/mol. The molecule has 3 heterocycles. The second-order valence-corrected chi connectivity index (χ2v) is 7.96. The fraction of sp³-hybridized carbons (Fsp3) is 0.350. The molecule has 0 bridgehead atoms. The molecule has 1 saturated heterocycles. The van der Waals surface area contributed by atoms with E-state index in [1.54, 1.807) is 34.7 Å². The van der Waals surface area contributed by atoms with Crippen LogP contribution in [0.15, 0.2) is 30.5 Å². The van der Waals surface area contributed by atoms with Gasteiger partial charge in [0.15, 0.2) is 6.10 Å². The Balaban J connectivity index is 1.52. The van der Waals surface area contributed by atoms with E-state index < -0.39 is 12.1 Å². The van der Waals surface area contributed by atoms with Gasteiger partial charge in [0.1, 0.15) is 0 Å². The van der Waals surface area contributed by atoms with Crippen LogP contribution >= 0.6 is 23.2 Å². The van der Waals surface area contributed by atoms with Crippen LogP contribution in [-0.4, -0.2) is 68.6 Å². The summed E-state index contributed by atoms with van der Waals surface area (Å²) in [5.74, 6) is 0.306. The number of carbonyl (C=O) groups is 2. The fourth-order valence-electron chi connectivity index (χ4n) is 3.47. The maximum Gasteiger partial charge on any atom is 0.303 e. The summed E-state index contributed by atoms with van der Waals surface area (Å²) in [6.07, 6.45) is 0.869. The topological polar surface area (TPSA) is 92.9 Å². The molecule has 0 saturated carbocycles. The monoisotopic (exact) mass is 462 g/mol. The number of nitrogens with zero attached hydrogens (tertiary/aromatic N) is 6. The minimum atomic E-state index is -0.796. The minimum absolute atomic E-state index is 0.207. The summed E-state index contributed by atoms with van der Waals surface area (Å²) in [6.45, 7) is 4.93. The summed E-state index contributed by atoms with van der Waals surface area (Å²) in [5.41, 5.74) is 1.62. The van der Waals surface area contributed by atoms with Gasteiger partial charge in [-0.25, -0.2) is 4.98 Å². The van der Waals surface area contributed by atoms with E-state index in [1.165, 1.54) is 6.92 Å². The van der Waals surface area contributed by atoms with E-state index in [0.29, 0.717) is 48.0 Å². The Kier molecular flexibility index (Phi) is 5.97. The van der Waals surface area contributed by atoms with Gasteiger partial charge in [-0.05, 0) is 25.1 Å². The second-order valence-electron chi connectivity index (χ2n) is 7.15. The first kappa shape index (κ1) is 21.3. The number of hydrogen-bond donors (Lipinski definition) is 0. The number of rotatable bonds is 4. The van der Waals surface area contributed by atoms with Crippen LogP contribution < -0.4 is 4.90 Å². The molecule has 0 radical (unpaired) electrons. The van der Waals surface area contributed by atoms with Crippen molar-refractivity contribution >= 4 is 46.8 Å². The van der Waals surface area contributed by atoms with E-state index in [9.17, 15) is 9.59 Å². The molecular formula is C20H20Cl2N6O3. The predicted molar refractivity (Wildman–Crippen MR) is 116 cm³/mol. The zero-order chi connectivity index (χ0) is 22.1. The van der Waals surface area contributed by atoms with E-state index >= 15 is 0 Å². The van der Waals surface area contributed by atoms with Gasteiger partial charge in [-0.1, -0.05) is 29.3 Å². The van der Waals surface area contributed by atoms with Gasteiger partial charge in [-0.3, -0.25) is 9.59 Å². The van der Waals surface area contributed by atoms with E-state index in [-0.39, 0.29) is 5.91 Å². The second kappa shape index (κ2) is 8.68. The summed E-state index contributed by atoms with van der Waals surface area (Å²) < 4.78 is 6.65. The van der Waals surface area contributed by atoms with Gasteiger partial charge in [0.05, 0.1) is 15.7 Å². The maximum atomic E-state index is 12.4. The van der Waals surface area contributed by atoms with Gasteiger partial charge in [0.2, 0.25) is 5.95 Å². The lowest BCUT2D eigenvalue weighted by atomic mass is 10.1. The normalized spacial score (nSPS) is 15.2. The lowest BCUT2D eigenvalue weighted by Crippen LogP contribution is -2.52. The molecule has 0 spiro atoms. The lowest BCUT2D eigenvalue weighted by Gasteiger charge is -2.35. The summed E-state index contributed by atoms with van der Waals surface area (Å²) >= 11 is 12.2. The molecule has 9 nitrogen and oxygen atoms in total. The van der Waals surface area contributed by atoms with Crippen LogP contribution in [0, 0.1) is 0 Å². The number of anilines is 1. The third-order valence-electron chi connectivity index (χ3n) is 5.01. The van der Waals surface area contributed by atoms with Crippen molar-refractivity contribution in [2.75, 3.05) is 31.1 Å². The van der Waals surface area contributed by atoms with Gasteiger partial charge in [-0.15, -0.1) is 5.10 Å². The Morgan fingerprint density at radius 2 is 1.84 bits per heavy atom. The molecule has 4 rings (SSSR count). The minimum Gasteiger partial charge on any atom is -0.453 e. The van der Waals surface area contributed by atoms with Gasteiger partial charge >= 0.3 is 5.97 Å². The molecule has 1 aliphatic heterocycles. The zero-order valence-corrected chi connectivity index (χ0v) is 18.5. The van der Waals surface area contributed by atoms with Crippen LogP contribution in [0.2, 0.25) is 10.0 Å². The summed E-state index contributed by atoms with van der Waals surface area (Å²) in [4.78, 5) is 36.0. The van der Waals surface area contributed by atoms with E-state index in [1.807, 2.05) is 17.0 Å². The van der Waals surface area contributed by atoms with E-state index in [0.717, 1.165) is 11.3 Å². The van der Waals surface area contributed by atoms with Crippen molar-refractivity contribution in [1.29, 1.82) is 0 Å². The van der Waals surface area contributed by atoms with Crippen LogP contribution in [0.3, 0.4) is 0 Å².